The second-order valence-electron chi connectivity index (χ2n) is 4.66. The van der Waals surface area contributed by atoms with Gasteiger partial charge in [-0.2, -0.15) is 13.2 Å². The number of aromatic nitrogens is 2. The highest BCUT2D eigenvalue weighted by Crippen LogP contribution is 2.40. The van der Waals surface area contributed by atoms with E-state index in [1.807, 2.05) is 0 Å². The first-order valence-corrected chi connectivity index (χ1v) is 6.31. The SMILES string of the molecule is CCOC(=O)C(O)(c1ccc2c(c1)nc(N)n2C)C(F)(F)F. The number of benzene rings is 1. The number of rotatable bonds is 3. The molecule has 0 saturated heterocycles. The molecule has 0 bridgehead atoms. The van der Waals surface area contributed by atoms with Crippen molar-refractivity contribution in [3.8, 4) is 0 Å². The lowest BCUT2D eigenvalue weighted by Gasteiger charge is -2.28. The maximum absolute atomic E-state index is 13.2. The molecule has 1 unspecified atom stereocenters. The third kappa shape index (κ3) is 2.27. The van der Waals surface area contributed by atoms with Crippen molar-refractivity contribution in [1.29, 1.82) is 0 Å². The molecule has 6 nitrogen and oxygen atoms in total. The monoisotopic (exact) mass is 317 g/mol. The van der Waals surface area contributed by atoms with Crippen molar-refractivity contribution in [3.63, 3.8) is 0 Å². The Labute approximate surface area is 123 Å². The molecular formula is C13H14F3N3O3. The number of alkyl halides is 3. The fourth-order valence-corrected chi connectivity index (χ4v) is 2.08. The maximum Gasteiger partial charge on any atom is 0.432 e. The van der Waals surface area contributed by atoms with Crippen LogP contribution in [0.5, 0.6) is 0 Å². The number of esters is 1. The Hall–Kier alpha value is -2.29. The highest BCUT2D eigenvalue weighted by atomic mass is 19.4. The van der Waals surface area contributed by atoms with Crippen molar-refractivity contribution in [1.82, 2.24) is 9.55 Å². The number of carbonyl (C=O) groups is 1. The molecule has 1 aromatic heterocycles. The van der Waals surface area contributed by atoms with Gasteiger partial charge in [-0.3, -0.25) is 0 Å². The van der Waals surface area contributed by atoms with E-state index < -0.39 is 23.3 Å². The molecule has 120 valence electrons. The number of nitrogens with zero attached hydrogens (tertiary/aromatic N) is 2. The molecule has 3 N–H and O–H groups in total. The number of aliphatic hydroxyl groups is 1. The number of anilines is 1. The first-order valence-electron chi connectivity index (χ1n) is 6.31. The minimum Gasteiger partial charge on any atom is -0.463 e. The van der Waals surface area contributed by atoms with E-state index in [0.29, 0.717) is 5.52 Å². The smallest absolute Gasteiger partial charge is 0.432 e. The first kappa shape index (κ1) is 16.1. The van der Waals surface area contributed by atoms with Crippen LogP contribution in [-0.2, 0) is 22.2 Å². The number of hydrogen-bond donors (Lipinski definition) is 2. The minimum atomic E-state index is -5.24. The second kappa shape index (κ2) is 5.16. The van der Waals surface area contributed by atoms with E-state index in [0.717, 1.165) is 12.1 Å². The number of carbonyl (C=O) groups excluding carboxylic acids is 1. The third-order valence-corrected chi connectivity index (χ3v) is 3.31. The van der Waals surface area contributed by atoms with Gasteiger partial charge in [-0.25, -0.2) is 9.78 Å². The number of halogens is 3. The summed E-state index contributed by atoms with van der Waals surface area (Å²) in [6.07, 6.45) is -5.24. The van der Waals surface area contributed by atoms with Crippen LogP contribution in [0.2, 0.25) is 0 Å². The summed E-state index contributed by atoms with van der Waals surface area (Å²) in [6.45, 7) is 1.05. The zero-order valence-electron chi connectivity index (χ0n) is 11.8. The number of nitrogen functional groups attached to an aromatic ring is 1. The van der Waals surface area contributed by atoms with Crippen LogP contribution in [0.3, 0.4) is 0 Å². The quantitative estimate of drug-likeness (QED) is 0.837. The molecule has 0 amide bonds. The molecule has 22 heavy (non-hydrogen) atoms. The molecule has 0 aliphatic heterocycles. The standard InChI is InChI=1S/C13H14F3N3O3/c1-3-22-10(20)12(21,13(14,15)16)7-4-5-9-8(6-7)18-11(17)19(9)2/h4-6,21H,3H2,1-2H3,(H2,17,18). The number of aryl methyl sites for hydroxylation is 1. The fraction of sp³-hybridized carbons (Fsp3) is 0.385. The van der Waals surface area contributed by atoms with E-state index >= 15 is 0 Å². The molecular weight excluding hydrogens is 303 g/mol. The van der Waals surface area contributed by atoms with Crippen LogP contribution in [0.25, 0.3) is 11.0 Å². The summed E-state index contributed by atoms with van der Waals surface area (Å²) in [5, 5.41) is 9.99. The Balaban J connectivity index is 2.64. The summed E-state index contributed by atoms with van der Waals surface area (Å²) in [5.74, 6) is -1.69. The maximum atomic E-state index is 13.2. The van der Waals surface area contributed by atoms with E-state index in [1.54, 1.807) is 7.05 Å². The number of imidazole rings is 1. The molecule has 1 aromatic carbocycles. The van der Waals surface area contributed by atoms with Crippen molar-refractivity contribution in [2.75, 3.05) is 12.3 Å². The first-order chi connectivity index (χ1) is 10.1. The molecule has 0 radical (unpaired) electrons. The van der Waals surface area contributed by atoms with Gasteiger partial charge in [0.15, 0.2) is 0 Å². The summed E-state index contributed by atoms with van der Waals surface area (Å²) in [5.41, 5.74) is 1.74. The Morgan fingerprint density at radius 3 is 2.64 bits per heavy atom. The summed E-state index contributed by atoms with van der Waals surface area (Å²) in [4.78, 5) is 15.6. The summed E-state index contributed by atoms with van der Waals surface area (Å²) in [6, 6.07) is 3.26. The van der Waals surface area contributed by atoms with Gasteiger partial charge in [0.05, 0.1) is 17.6 Å². The number of ether oxygens (including phenoxy) is 1. The Morgan fingerprint density at radius 1 is 1.45 bits per heavy atom. The van der Waals surface area contributed by atoms with Crippen molar-refractivity contribution in [2.45, 2.75) is 18.7 Å². The molecule has 2 rings (SSSR count). The lowest BCUT2D eigenvalue weighted by atomic mass is 9.92. The van der Waals surface area contributed by atoms with Gasteiger partial charge in [0, 0.05) is 12.6 Å². The molecule has 1 heterocycles. The minimum absolute atomic E-state index is 0.0961. The molecule has 0 aliphatic carbocycles. The Bertz CT molecular complexity index is 726. The normalized spacial score (nSPS) is 14.8. The van der Waals surface area contributed by atoms with Crippen molar-refractivity contribution >= 4 is 23.0 Å². The summed E-state index contributed by atoms with van der Waals surface area (Å²) in [7, 11) is 1.59. The number of fused-ring (bicyclic) bond motifs is 1. The van der Waals surface area contributed by atoms with E-state index in [9.17, 15) is 23.1 Å². The lowest BCUT2D eigenvalue weighted by molar-refractivity contribution is -0.267. The van der Waals surface area contributed by atoms with Gasteiger partial charge in [-0.1, -0.05) is 6.07 Å². The largest absolute Gasteiger partial charge is 0.463 e. The molecule has 0 aliphatic rings. The topological polar surface area (TPSA) is 90.4 Å². The van der Waals surface area contributed by atoms with Crippen LogP contribution in [0.4, 0.5) is 19.1 Å². The zero-order chi connectivity index (χ0) is 16.7. The summed E-state index contributed by atoms with van der Waals surface area (Å²) < 4.78 is 45.6. The summed E-state index contributed by atoms with van der Waals surface area (Å²) >= 11 is 0. The molecule has 9 heteroatoms. The molecule has 2 aromatic rings. The van der Waals surface area contributed by atoms with E-state index in [4.69, 9.17) is 5.73 Å². The van der Waals surface area contributed by atoms with Gasteiger partial charge >= 0.3 is 12.1 Å². The number of nitrogens with two attached hydrogens (primary N) is 1. The third-order valence-electron chi connectivity index (χ3n) is 3.31. The Morgan fingerprint density at radius 2 is 2.09 bits per heavy atom. The van der Waals surface area contributed by atoms with Crippen LogP contribution < -0.4 is 5.73 Å². The van der Waals surface area contributed by atoms with Gasteiger partial charge in [-0.15, -0.1) is 0 Å². The average molecular weight is 317 g/mol. The molecule has 0 fully saturated rings. The fourth-order valence-electron chi connectivity index (χ4n) is 2.08. The predicted octanol–water partition coefficient (Wildman–Crippen LogP) is 1.47. The predicted molar refractivity (Wildman–Crippen MR) is 71.7 cm³/mol. The molecule has 0 spiro atoms. The van der Waals surface area contributed by atoms with Crippen molar-refractivity contribution in [2.24, 2.45) is 7.05 Å². The van der Waals surface area contributed by atoms with Gasteiger partial charge in [0.25, 0.3) is 5.60 Å². The highest BCUT2D eigenvalue weighted by Gasteiger charge is 2.62. The van der Waals surface area contributed by atoms with Crippen LogP contribution in [-0.4, -0.2) is 33.4 Å². The van der Waals surface area contributed by atoms with Gasteiger partial charge in [0.2, 0.25) is 5.95 Å². The van der Waals surface area contributed by atoms with Crippen LogP contribution >= 0.6 is 0 Å². The van der Waals surface area contributed by atoms with Crippen molar-refractivity contribution < 1.29 is 27.8 Å². The van der Waals surface area contributed by atoms with Crippen LogP contribution in [0.15, 0.2) is 18.2 Å². The number of hydrogen-bond acceptors (Lipinski definition) is 5. The Kier molecular flexibility index (Phi) is 3.78. The molecule has 1 atom stereocenters. The zero-order valence-corrected chi connectivity index (χ0v) is 11.8. The van der Waals surface area contributed by atoms with Crippen LogP contribution in [0.1, 0.15) is 12.5 Å². The van der Waals surface area contributed by atoms with Crippen LogP contribution in [0, 0.1) is 0 Å². The van der Waals surface area contributed by atoms with Gasteiger partial charge in [0.1, 0.15) is 0 Å². The van der Waals surface area contributed by atoms with Crippen molar-refractivity contribution in [3.05, 3.63) is 23.8 Å². The van der Waals surface area contributed by atoms with Gasteiger partial charge in [-0.05, 0) is 19.1 Å². The van der Waals surface area contributed by atoms with E-state index in [-0.39, 0.29) is 18.1 Å². The van der Waals surface area contributed by atoms with Gasteiger partial charge < -0.3 is 20.1 Å². The lowest BCUT2D eigenvalue weighted by Crippen LogP contribution is -2.50. The van der Waals surface area contributed by atoms with E-state index in [2.05, 4.69) is 9.72 Å². The average Bonchev–Trinajstić information content (AvgIpc) is 2.71. The van der Waals surface area contributed by atoms with E-state index in [1.165, 1.54) is 17.6 Å². The second-order valence-corrected chi connectivity index (χ2v) is 4.66. The molecule has 0 saturated carbocycles. The highest BCUT2D eigenvalue weighted by molar-refractivity contribution is 5.85.